The Hall–Kier alpha value is -1.18. The average molecular weight is 218 g/mol. The van der Waals surface area contributed by atoms with Gasteiger partial charge in [0.25, 0.3) is 0 Å². The highest BCUT2D eigenvalue weighted by Gasteiger charge is 2.43. The molecule has 2 aliphatic carbocycles. The lowest BCUT2D eigenvalue weighted by atomic mass is 10.1. The Morgan fingerprint density at radius 1 is 1.00 bits per heavy atom. The molecule has 86 valence electrons. The Bertz CT molecular complexity index is 355. The maximum atomic E-state index is 6.16. The molecule has 0 atom stereocenters. The van der Waals surface area contributed by atoms with E-state index in [1.54, 1.807) is 7.11 Å². The van der Waals surface area contributed by atoms with Crippen molar-refractivity contribution in [1.29, 1.82) is 0 Å². The molecule has 0 amide bonds. The average Bonchev–Trinajstić information content (AvgIpc) is 3.18. The van der Waals surface area contributed by atoms with Gasteiger partial charge < -0.3 is 9.47 Å². The molecular weight excluding hydrogens is 200 g/mol. The van der Waals surface area contributed by atoms with Crippen molar-refractivity contribution in [3.8, 4) is 11.5 Å². The van der Waals surface area contributed by atoms with Gasteiger partial charge in [-0.05, 0) is 49.7 Å². The lowest BCUT2D eigenvalue weighted by Crippen LogP contribution is -2.21. The summed E-state index contributed by atoms with van der Waals surface area (Å²) in [7, 11) is 1.70. The van der Waals surface area contributed by atoms with Crippen molar-refractivity contribution in [2.24, 2.45) is 11.8 Å². The molecule has 3 rings (SSSR count). The highest BCUT2D eigenvalue weighted by atomic mass is 16.5. The summed E-state index contributed by atoms with van der Waals surface area (Å²) in [4.78, 5) is 0. The van der Waals surface area contributed by atoms with Crippen LogP contribution in [0, 0.1) is 11.8 Å². The van der Waals surface area contributed by atoms with E-state index in [0.717, 1.165) is 23.3 Å². The highest BCUT2D eigenvalue weighted by Crippen LogP contribution is 2.47. The maximum absolute atomic E-state index is 6.16. The monoisotopic (exact) mass is 218 g/mol. The zero-order valence-electron chi connectivity index (χ0n) is 9.69. The number of para-hydroxylation sites is 2. The van der Waals surface area contributed by atoms with Crippen molar-refractivity contribution in [3.05, 3.63) is 24.3 Å². The molecule has 0 unspecified atom stereocenters. The van der Waals surface area contributed by atoms with E-state index in [-0.39, 0.29) is 0 Å². The number of benzene rings is 1. The van der Waals surface area contributed by atoms with Crippen LogP contribution in [0.1, 0.15) is 25.7 Å². The molecule has 0 aliphatic heterocycles. The summed E-state index contributed by atoms with van der Waals surface area (Å²) in [6.45, 7) is 0. The first-order chi connectivity index (χ1) is 7.88. The molecule has 0 aromatic heterocycles. The number of hydrogen-bond donors (Lipinski definition) is 0. The second-order valence-corrected chi connectivity index (χ2v) is 4.91. The molecule has 0 N–H and O–H groups in total. The molecule has 0 heterocycles. The van der Waals surface area contributed by atoms with Crippen LogP contribution >= 0.6 is 0 Å². The lowest BCUT2D eigenvalue weighted by molar-refractivity contribution is 0.149. The van der Waals surface area contributed by atoms with Crippen LogP contribution in [-0.2, 0) is 0 Å². The third-order valence-corrected chi connectivity index (χ3v) is 3.51. The molecule has 16 heavy (non-hydrogen) atoms. The van der Waals surface area contributed by atoms with Gasteiger partial charge >= 0.3 is 0 Å². The molecule has 0 spiro atoms. The van der Waals surface area contributed by atoms with Crippen LogP contribution in [0.3, 0.4) is 0 Å². The summed E-state index contributed by atoms with van der Waals surface area (Å²) in [5, 5.41) is 0. The molecular formula is C14H18O2. The summed E-state index contributed by atoms with van der Waals surface area (Å²) >= 11 is 0. The Balaban J connectivity index is 1.75. The van der Waals surface area contributed by atoms with Gasteiger partial charge in [0.15, 0.2) is 11.5 Å². The van der Waals surface area contributed by atoms with E-state index in [1.165, 1.54) is 25.7 Å². The quantitative estimate of drug-likeness (QED) is 0.755. The van der Waals surface area contributed by atoms with Crippen molar-refractivity contribution < 1.29 is 9.47 Å². The molecule has 2 heteroatoms. The molecule has 2 fully saturated rings. The standard InChI is InChI=1S/C14H18O2/c1-15-12-4-2-3-5-13(12)16-14(10-6-7-10)11-8-9-11/h2-5,10-11,14H,6-9H2,1H3. The Kier molecular flexibility index (Phi) is 2.50. The van der Waals surface area contributed by atoms with E-state index in [0.29, 0.717) is 6.10 Å². The van der Waals surface area contributed by atoms with E-state index in [2.05, 4.69) is 0 Å². The van der Waals surface area contributed by atoms with Crippen molar-refractivity contribution >= 4 is 0 Å². The number of ether oxygens (including phenoxy) is 2. The number of methoxy groups -OCH3 is 1. The fourth-order valence-electron chi connectivity index (χ4n) is 2.29. The van der Waals surface area contributed by atoms with Crippen molar-refractivity contribution in [1.82, 2.24) is 0 Å². The molecule has 2 aliphatic rings. The molecule has 2 saturated carbocycles. The van der Waals surface area contributed by atoms with Crippen LogP contribution in [0.4, 0.5) is 0 Å². The molecule has 0 saturated heterocycles. The molecule has 0 radical (unpaired) electrons. The van der Waals surface area contributed by atoms with Gasteiger partial charge in [-0.2, -0.15) is 0 Å². The summed E-state index contributed by atoms with van der Waals surface area (Å²) in [5.41, 5.74) is 0. The fraction of sp³-hybridized carbons (Fsp3) is 0.571. The SMILES string of the molecule is COc1ccccc1OC(C1CC1)C1CC1. The lowest BCUT2D eigenvalue weighted by Gasteiger charge is -2.19. The molecule has 0 bridgehead atoms. The van der Waals surface area contributed by atoms with Crippen molar-refractivity contribution in [2.45, 2.75) is 31.8 Å². The zero-order chi connectivity index (χ0) is 11.0. The minimum atomic E-state index is 0.441. The first kappa shape index (κ1) is 10.0. The van der Waals surface area contributed by atoms with E-state index in [1.807, 2.05) is 24.3 Å². The summed E-state index contributed by atoms with van der Waals surface area (Å²) in [6.07, 6.45) is 5.82. The van der Waals surface area contributed by atoms with Crippen molar-refractivity contribution in [2.75, 3.05) is 7.11 Å². The van der Waals surface area contributed by atoms with Gasteiger partial charge in [0.1, 0.15) is 6.10 Å². The summed E-state index contributed by atoms with van der Waals surface area (Å²) < 4.78 is 11.5. The largest absolute Gasteiger partial charge is 0.493 e. The smallest absolute Gasteiger partial charge is 0.161 e. The van der Waals surface area contributed by atoms with E-state index in [4.69, 9.17) is 9.47 Å². The van der Waals surface area contributed by atoms with Gasteiger partial charge in [-0.15, -0.1) is 0 Å². The third kappa shape index (κ3) is 2.01. The first-order valence-electron chi connectivity index (χ1n) is 6.18. The van der Waals surface area contributed by atoms with Gasteiger partial charge in [0.2, 0.25) is 0 Å². The van der Waals surface area contributed by atoms with Crippen LogP contribution in [0.15, 0.2) is 24.3 Å². The van der Waals surface area contributed by atoms with Gasteiger partial charge in [0.05, 0.1) is 7.11 Å². The molecule has 1 aromatic carbocycles. The molecule has 1 aromatic rings. The van der Waals surface area contributed by atoms with Crippen LogP contribution in [0.25, 0.3) is 0 Å². The zero-order valence-corrected chi connectivity index (χ0v) is 9.69. The minimum absolute atomic E-state index is 0.441. The van der Waals surface area contributed by atoms with Crippen LogP contribution in [0.2, 0.25) is 0 Å². The summed E-state index contributed by atoms with van der Waals surface area (Å²) in [6, 6.07) is 7.96. The van der Waals surface area contributed by atoms with Gasteiger partial charge in [-0.25, -0.2) is 0 Å². The predicted octanol–water partition coefficient (Wildman–Crippen LogP) is 3.26. The fourth-order valence-corrected chi connectivity index (χ4v) is 2.29. The first-order valence-corrected chi connectivity index (χ1v) is 6.18. The minimum Gasteiger partial charge on any atom is -0.493 e. The van der Waals surface area contributed by atoms with E-state index in [9.17, 15) is 0 Å². The second-order valence-electron chi connectivity index (χ2n) is 4.91. The number of hydrogen-bond acceptors (Lipinski definition) is 2. The Morgan fingerprint density at radius 2 is 1.56 bits per heavy atom. The Labute approximate surface area is 96.6 Å². The maximum Gasteiger partial charge on any atom is 0.161 e. The summed E-state index contributed by atoms with van der Waals surface area (Å²) in [5.74, 6) is 3.37. The van der Waals surface area contributed by atoms with Gasteiger partial charge in [0, 0.05) is 0 Å². The highest BCUT2D eigenvalue weighted by molar-refractivity contribution is 5.39. The van der Waals surface area contributed by atoms with Crippen LogP contribution in [-0.4, -0.2) is 13.2 Å². The Morgan fingerprint density at radius 3 is 2.06 bits per heavy atom. The van der Waals surface area contributed by atoms with E-state index < -0.39 is 0 Å². The van der Waals surface area contributed by atoms with Crippen LogP contribution < -0.4 is 9.47 Å². The third-order valence-electron chi connectivity index (χ3n) is 3.51. The van der Waals surface area contributed by atoms with Crippen molar-refractivity contribution in [3.63, 3.8) is 0 Å². The van der Waals surface area contributed by atoms with E-state index >= 15 is 0 Å². The van der Waals surface area contributed by atoms with Gasteiger partial charge in [-0.3, -0.25) is 0 Å². The predicted molar refractivity (Wildman–Crippen MR) is 62.9 cm³/mol. The molecule has 2 nitrogen and oxygen atoms in total. The van der Waals surface area contributed by atoms with Crippen LogP contribution in [0.5, 0.6) is 11.5 Å². The normalized spacial score (nSPS) is 19.9. The topological polar surface area (TPSA) is 18.5 Å². The van der Waals surface area contributed by atoms with Gasteiger partial charge in [-0.1, -0.05) is 12.1 Å². The number of rotatable bonds is 5. The second kappa shape index (κ2) is 4.00.